The van der Waals surface area contributed by atoms with E-state index in [9.17, 15) is 22.0 Å². The van der Waals surface area contributed by atoms with Crippen molar-refractivity contribution in [2.45, 2.75) is 12.1 Å². The van der Waals surface area contributed by atoms with E-state index in [1.165, 1.54) is 0 Å². The predicted octanol–water partition coefficient (Wildman–Crippen LogP) is 2.13. The van der Waals surface area contributed by atoms with Gasteiger partial charge in [0.15, 0.2) is 0 Å². The largest absolute Gasteiger partial charge is 0.458 e. The molecule has 2 nitrogen and oxygen atoms in total. The smallest absolute Gasteiger partial charge is 0.244 e. The van der Waals surface area contributed by atoms with Crippen LogP contribution in [-0.4, -0.2) is 16.1 Å². The molecular formula is C6H3F5N2. The average molecular weight is 198 g/mol. The van der Waals surface area contributed by atoms with Crippen LogP contribution in [0, 0.1) is 0 Å². The van der Waals surface area contributed by atoms with Gasteiger partial charge in [-0.2, -0.15) is 22.0 Å². The second-order valence-corrected chi connectivity index (χ2v) is 2.20. The number of nitrogens with zero attached hydrogens (tertiary/aromatic N) is 2. The minimum absolute atomic E-state index is 0.431. The molecule has 0 aliphatic heterocycles. The molecule has 0 N–H and O–H groups in total. The Hall–Kier alpha value is -1.27. The van der Waals surface area contributed by atoms with Crippen LogP contribution >= 0.6 is 0 Å². The second-order valence-electron chi connectivity index (χ2n) is 2.20. The van der Waals surface area contributed by atoms with Gasteiger partial charge in [-0.05, 0) is 0 Å². The topological polar surface area (TPSA) is 25.8 Å². The molecule has 13 heavy (non-hydrogen) atoms. The van der Waals surface area contributed by atoms with Gasteiger partial charge in [0, 0.05) is 12.4 Å². The van der Waals surface area contributed by atoms with E-state index in [2.05, 4.69) is 9.97 Å². The number of rotatable bonds is 1. The lowest BCUT2D eigenvalue weighted by molar-refractivity contribution is -0.289. The number of halogens is 5. The van der Waals surface area contributed by atoms with Crippen LogP contribution in [-0.2, 0) is 5.92 Å². The second kappa shape index (κ2) is 2.90. The molecule has 1 aromatic heterocycles. The molecule has 0 saturated heterocycles. The van der Waals surface area contributed by atoms with Crippen molar-refractivity contribution < 1.29 is 22.0 Å². The monoisotopic (exact) mass is 198 g/mol. The lowest BCUT2D eigenvalue weighted by Crippen LogP contribution is -2.33. The van der Waals surface area contributed by atoms with Gasteiger partial charge in [-0.3, -0.25) is 0 Å². The molecule has 0 unspecified atom stereocenters. The van der Waals surface area contributed by atoms with Gasteiger partial charge in [0.1, 0.15) is 6.33 Å². The third-order valence-corrected chi connectivity index (χ3v) is 1.28. The van der Waals surface area contributed by atoms with Crippen molar-refractivity contribution in [3.63, 3.8) is 0 Å². The summed E-state index contributed by atoms with van der Waals surface area (Å²) in [5.41, 5.74) is -1.26. The Bertz CT molecular complexity index is 281. The van der Waals surface area contributed by atoms with Crippen molar-refractivity contribution in [3.05, 3.63) is 24.3 Å². The van der Waals surface area contributed by atoms with E-state index in [0.717, 1.165) is 6.33 Å². The first-order valence-electron chi connectivity index (χ1n) is 3.06. The molecule has 0 spiro atoms. The number of aromatic nitrogens is 2. The van der Waals surface area contributed by atoms with Crippen LogP contribution < -0.4 is 0 Å². The molecule has 0 aliphatic carbocycles. The maximum Gasteiger partial charge on any atom is 0.458 e. The van der Waals surface area contributed by atoms with Crippen molar-refractivity contribution in [1.82, 2.24) is 9.97 Å². The van der Waals surface area contributed by atoms with Gasteiger partial charge < -0.3 is 0 Å². The normalized spacial score (nSPS) is 13.0. The first-order chi connectivity index (χ1) is 5.86. The van der Waals surface area contributed by atoms with Gasteiger partial charge in [0.05, 0.1) is 5.56 Å². The molecule has 0 saturated carbocycles. The SMILES string of the molecule is FC(F)(F)C(F)(F)c1cncnc1. The minimum Gasteiger partial charge on any atom is -0.244 e. The Kier molecular flexibility index (Phi) is 2.19. The summed E-state index contributed by atoms with van der Waals surface area (Å²) < 4.78 is 60.1. The fourth-order valence-corrected chi connectivity index (χ4v) is 0.625. The Balaban J connectivity index is 3.08. The Morgan fingerprint density at radius 1 is 0.923 bits per heavy atom. The lowest BCUT2D eigenvalue weighted by atomic mass is 10.2. The molecule has 0 atom stereocenters. The van der Waals surface area contributed by atoms with E-state index in [1.807, 2.05) is 0 Å². The minimum atomic E-state index is -5.61. The fourth-order valence-electron chi connectivity index (χ4n) is 0.625. The highest BCUT2D eigenvalue weighted by Gasteiger charge is 2.59. The zero-order valence-corrected chi connectivity index (χ0v) is 6.02. The maximum absolute atomic E-state index is 12.5. The summed E-state index contributed by atoms with van der Waals surface area (Å²) in [4.78, 5) is 6.15. The predicted molar refractivity (Wildman–Crippen MR) is 32.0 cm³/mol. The summed E-state index contributed by atoms with van der Waals surface area (Å²) in [6, 6.07) is 0. The third-order valence-electron chi connectivity index (χ3n) is 1.28. The molecule has 0 bridgehead atoms. The summed E-state index contributed by atoms with van der Waals surface area (Å²) >= 11 is 0. The Labute approximate surface area is 69.4 Å². The molecule has 0 aliphatic rings. The van der Waals surface area contributed by atoms with Crippen LogP contribution in [0.3, 0.4) is 0 Å². The fraction of sp³-hybridized carbons (Fsp3) is 0.333. The lowest BCUT2D eigenvalue weighted by Gasteiger charge is -2.18. The standard InChI is InChI=1S/C6H3F5N2/c7-5(8,6(9,10)11)4-1-12-3-13-2-4/h1-3H. The number of hydrogen-bond acceptors (Lipinski definition) is 2. The van der Waals surface area contributed by atoms with Gasteiger partial charge >= 0.3 is 12.1 Å². The summed E-state index contributed by atoms with van der Waals surface area (Å²) in [6.45, 7) is 0. The van der Waals surface area contributed by atoms with E-state index >= 15 is 0 Å². The maximum atomic E-state index is 12.5. The van der Waals surface area contributed by atoms with Crippen LogP contribution in [0.1, 0.15) is 5.56 Å². The van der Waals surface area contributed by atoms with E-state index in [4.69, 9.17) is 0 Å². The Morgan fingerprint density at radius 3 is 1.77 bits per heavy atom. The third kappa shape index (κ3) is 1.73. The van der Waals surface area contributed by atoms with Gasteiger partial charge in [0.2, 0.25) is 0 Å². The molecular weight excluding hydrogens is 195 g/mol. The molecule has 0 fully saturated rings. The zero-order valence-electron chi connectivity index (χ0n) is 6.02. The molecule has 0 radical (unpaired) electrons. The zero-order chi connectivity index (χ0) is 10.1. The summed E-state index contributed by atoms with van der Waals surface area (Å²) in [6.07, 6.45) is -3.88. The number of hydrogen-bond donors (Lipinski definition) is 0. The van der Waals surface area contributed by atoms with E-state index in [0.29, 0.717) is 12.4 Å². The van der Waals surface area contributed by atoms with Crippen molar-refractivity contribution in [1.29, 1.82) is 0 Å². The summed E-state index contributed by atoms with van der Waals surface area (Å²) in [5, 5.41) is 0. The molecule has 1 aromatic rings. The van der Waals surface area contributed by atoms with Crippen LogP contribution in [0.2, 0.25) is 0 Å². The van der Waals surface area contributed by atoms with E-state index < -0.39 is 17.7 Å². The van der Waals surface area contributed by atoms with Crippen molar-refractivity contribution >= 4 is 0 Å². The van der Waals surface area contributed by atoms with Crippen molar-refractivity contribution in [2.24, 2.45) is 0 Å². The van der Waals surface area contributed by atoms with Gasteiger partial charge in [0.25, 0.3) is 0 Å². The highest BCUT2D eigenvalue weighted by atomic mass is 19.4. The van der Waals surface area contributed by atoms with Gasteiger partial charge in [-0.25, -0.2) is 9.97 Å². The molecule has 72 valence electrons. The highest BCUT2D eigenvalue weighted by molar-refractivity contribution is 5.12. The first-order valence-corrected chi connectivity index (χ1v) is 3.06. The molecule has 7 heteroatoms. The molecule has 0 amide bonds. The van der Waals surface area contributed by atoms with Crippen LogP contribution in [0.5, 0.6) is 0 Å². The Morgan fingerprint density at radius 2 is 1.38 bits per heavy atom. The van der Waals surface area contributed by atoms with Crippen molar-refractivity contribution in [3.8, 4) is 0 Å². The molecule has 0 aromatic carbocycles. The first kappa shape index (κ1) is 9.82. The summed E-state index contributed by atoms with van der Waals surface area (Å²) in [7, 11) is 0. The van der Waals surface area contributed by atoms with E-state index in [-0.39, 0.29) is 0 Å². The van der Waals surface area contributed by atoms with Crippen molar-refractivity contribution in [2.75, 3.05) is 0 Å². The highest BCUT2D eigenvalue weighted by Crippen LogP contribution is 2.43. The van der Waals surface area contributed by atoms with Crippen LogP contribution in [0.25, 0.3) is 0 Å². The average Bonchev–Trinajstić information content (AvgIpc) is 2.04. The van der Waals surface area contributed by atoms with E-state index in [1.54, 1.807) is 0 Å². The van der Waals surface area contributed by atoms with Gasteiger partial charge in [-0.15, -0.1) is 0 Å². The number of alkyl halides is 5. The van der Waals surface area contributed by atoms with Gasteiger partial charge in [-0.1, -0.05) is 0 Å². The molecule has 1 rings (SSSR count). The van der Waals surface area contributed by atoms with Crippen LogP contribution in [0.15, 0.2) is 18.7 Å². The summed E-state index contributed by atoms with van der Waals surface area (Å²) in [5.74, 6) is -4.89. The van der Waals surface area contributed by atoms with Crippen LogP contribution in [0.4, 0.5) is 22.0 Å². The quantitative estimate of drug-likeness (QED) is 0.646. The molecule has 1 heterocycles.